The summed E-state index contributed by atoms with van der Waals surface area (Å²) >= 11 is 0. The van der Waals surface area contributed by atoms with Gasteiger partial charge in [-0.05, 0) is 12.0 Å². The topological polar surface area (TPSA) is 52.0 Å². The standard InChI is InChI=1S/C21H22N2O2/c1-20(2)15-12-14(24)17-18(13-8-6-5-7-9-13)23(4)22-19(17)21(15,3)11-10-16(20)25/h5-11,15H,12H2,1-4H3. The predicted octanol–water partition coefficient (Wildman–Crippen LogP) is 3.71. The first-order valence-corrected chi connectivity index (χ1v) is 8.66. The van der Waals surface area contributed by atoms with Crippen LogP contribution in [0.5, 0.6) is 0 Å². The van der Waals surface area contributed by atoms with Gasteiger partial charge in [-0.1, -0.05) is 57.2 Å². The van der Waals surface area contributed by atoms with Crippen molar-refractivity contribution in [2.45, 2.75) is 32.6 Å². The molecule has 2 aliphatic rings. The third-order valence-corrected chi connectivity index (χ3v) is 6.08. The molecule has 25 heavy (non-hydrogen) atoms. The van der Waals surface area contributed by atoms with E-state index >= 15 is 0 Å². The summed E-state index contributed by atoms with van der Waals surface area (Å²) in [5.74, 6) is 0.0991. The fraction of sp³-hybridized carbons (Fsp3) is 0.381. The van der Waals surface area contributed by atoms with Crippen LogP contribution in [0.2, 0.25) is 0 Å². The molecule has 2 aliphatic carbocycles. The quantitative estimate of drug-likeness (QED) is 0.799. The van der Waals surface area contributed by atoms with Crippen LogP contribution in [0.1, 0.15) is 43.2 Å². The molecule has 0 fully saturated rings. The molecular weight excluding hydrogens is 312 g/mol. The van der Waals surface area contributed by atoms with E-state index in [-0.39, 0.29) is 17.5 Å². The summed E-state index contributed by atoms with van der Waals surface area (Å²) in [6, 6.07) is 9.90. The van der Waals surface area contributed by atoms with Crippen LogP contribution in [0.4, 0.5) is 0 Å². The highest BCUT2D eigenvalue weighted by Gasteiger charge is 2.55. The maximum atomic E-state index is 13.1. The summed E-state index contributed by atoms with van der Waals surface area (Å²) in [5.41, 5.74) is 2.38. The van der Waals surface area contributed by atoms with Gasteiger partial charge in [0.2, 0.25) is 0 Å². The largest absolute Gasteiger partial charge is 0.294 e. The normalized spacial score (nSPS) is 27.1. The van der Waals surface area contributed by atoms with Crippen molar-refractivity contribution in [2.24, 2.45) is 18.4 Å². The molecule has 1 aromatic carbocycles. The first-order valence-electron chi connectivity index (χ1n) is 8.66. The van der Waals surface area contributed by atoms with Gasteiger partial charge in [0.15, 0.2) is 11.6 Å². The van der Waals surface area contributed by atoms with Crippen LogP contribution in [0.3, 0.4) is 0 Å². The highest BCUT2D eigenvalue weighted by atomic mass is 16.1. The second-order valence-electron chi connectivity index (χ2n) is 7.94. The molecule has 0 aliphatic heterocycles. The predicted molar refractivity (Wildman–Crippen MR) is 96.4 cm³/mol. The summed E-state index contributed by atoms with van der Waals surface area (Å²) in [7, 11) is 1.88. The third-order valence-electron chi connectivity index (χ3n) is 6.08. The first kappa shape index (κ1) is 16.0. The fourth-order valence-electron chi connectivity index (χ4n) is 4.59. The maximum absolute atomic E-state index is 13.1. The van der Waals surface area contributed by atoms with Crippen molar-refractivity contribution in [1.29, 1.82) is 0 Å². The van der Waals surface area contributed by atoms with Crippen LogP contribution in [-0.4, -0.2) is 21.3 Å². The molecule has 0 bridgehead atoms. The van der Waals surface area contributed by atoms with Crippen LogP contribution in [-0.2, 0) is 17.3 Å². The lowest BCUT2D eigenvalue weighted by Gasteiger charge is -2.48. The number of ketones is 2. The van der Waals surface area contributed by atoms with Gasteiger partial charge in [-0.2, -0.15) is 5.10 Å². The molecule has 0 amide bonds. The molecular formula is C21H22N2O2. The van der Waals surface area contributed by atoms with Crippen LogP contribution < -0.4 is 0 Å². The number of rotatable bonds is 1. The number of carbonyl (C=O) groups is 2. The summed E-state index contributed by atoms with van der Waals surface area (Å²) in [6.07, 6.45) is 4.00. The Morgan fingerprint density at radius 1 is 1.12 bits per heavy atom. The number of benzene rings is 1. The van der Waals surface area contributed by atoms with Gasteiger partial charge in [-0.3, -0.25) is 14.3 Å². The minimum atomic E-state index is -0.568. The third kappa shape index (κ3) is 2.03. The zero-order chi connectivity index (χ0) is 18.0. The van der Waals surface area contributed by atoms with E-state index in [0.29, 0.717) is 12.0 Å². The number of hydrogen-bond donors (Lipinski definition) is 0. The van der Waals surface area contributed by atoms with E-state index < -0.39 is 10.8 Å². The van der Waals surface area contributed by atoms with E-state index in [0.717, 1.165) is 17.0 Å². The number of aryl methyl sites for hydroxylation is 1. The maximum Gasteiger partial charge on any atom is 0.167 e. The second kappa shape index (κ2) is 5.01. The first-order chi connectivity index (χ1) is 11.8. The van der Waals surface area contributed by atoms with Crippen molar-refractivity contribution < 1.29 is 9.59 Å². The lowest BCUT2D eigenvalue weighted by molar-refractivity contribution is -0.127. The zero-order valence-corrected chi connectivity index (χ0v) is 15.0. The van der Waals surface area contributed by atoms with E-state index in [1.54, 1.807) is 6.08 Å². The van der Waals surface area contributed by atoms with Gasteiger partial charge in [-0.25, -0.2) is 0 Å². The van der Waals surface area contributed by atoms with Crippen molar-refractivity contribution in [3.63, 3.8) is 0 Å². The SMILES string of the molecule is Cn1nc2c(c1-c1ccccc1)C(=O)CC1C(C)(C)C(=O)C=CC21C. The monoisotopic (exact) mass is 334 g/mol. The average Bonchev–Trinajstić information content (AvgIpc) is 2.94. The van der Waals surface area contributed by atoms with Crippen molar-refractivity contribution in [2.75, 3.05) is 0 Å². The zero-order valence-electron chi connectivity index (χ0n) is 15.0. The Kier molecular flexibility index (Phi) is 3.21. The Hall–Kier alpha value is -2.49. The molecule has 0 saturated carbocycles. The molecule has 2 aromatic rings. The molecule has 2 atom stereocenters. The Bertz CT molecular complexity index is 921. The number of nitrogens with zero attached hydrogens (tertiary/aromatic N) is 2. The highest BCUT2D eigenvalue weighted by Crippen LogP contribution is 2.53. The molecule has 0 saturated heterocycles. The second-order valence-corrected chi connectivity index (χ2v) is 7.94. The highest BCUT2D eigenvalue weighted by molar-refractivity contribution is 6.06. The number of carbonyl (C=O) groups excluding carboxylic acids is 2. The minimum Gasteiger partial charge on any atom is -0.294 e. The van der Waals surface area contributed by atoms with E-state index in [9.17, 15) is 9.59 Å². The Morgan fingerprint density at radius 3 is 2.48 bits per heavy atom. The van der Waals surface area contributed by atoms with Crippen molar-refractivity contribution in [3.8, 4) is 11.3 Å². The van der Waals surface area contributed by atoms with Crippen molar-refractivity contribution in [3.05, 3.63) is 53.7 Å². The smallest absolute Gasteiger partial charge is 0.167 e. The lowest BCUT2D eigenvalue weighted by Crippen LogP contribution is -2.50. The molecule has 0 spiro atoms. The fourth-order valence-corrected chi connectivity index (χ4v) is 4.59. The van der Waals surface area contributed by atoms with Crippen LogP contribution in [0, 0.1) is 11.3 Å². The molecule has 0 N–H and O–H groups in total. The number of allylic oxidation sites excluding steroid dienone is 2. The summed E-state index contributed by atoms with van der Waals surface area (Å²) in [5, 5.41) is 4.76. The molecule has 4 nitrogen and oxygen atoms in total. The summed E-state index contributed by atoms with van der Waals surface area (Å²) < 4.78 is 1.81. The van der Waals surface area contributed by atoms with Crippen LogP contribution in [0.15, 0.2) is 42.5 Å². The van der Waals surface area contributed by atoms with Crippen molar-refractivity contribution in [1.82, 2.24) is 9.78 Å². The van der Waals surface area contributed by atoms with Gasteiger partial charge in [-0.15, -0.1) is 0 Å². The number of hydrogen-bond acceptors (Lipinski definition) is 3. The molecule has 2 unspecified atom stereocenters. The Balaban J connectivity index is 1.99. The van der Waals surface area contributed by atoms with Gasteiger partial charge >= 0.3 is 0 Å². The molecule has 128 valence electrons. The molecule has 4 rings (SSSR count). The van der Waals surface area contributed by atoms with Crippen LogP contribution in [0.25, 0.3) is 11.3 Å². The van der Waals surface area contributed by atoms with Gasteiger partial charge in [0.1, 0.15) is 0 Å². The molecule has 1 aromatic heterocycles. The molecule has 0 radical (unpaired) electrons. The van der Waals surface area contributed by atoms with E-state index in [2.05, 4.69) is 6.92 Å². The van der Waals surface area contributed by atoms with Gasteiger partial charge < -0.3 is 0 Å². The van der Waals surface area contributed by atoms with E-state index in [1.165, 1.54) is 0 Å². The summed E-state index contributed by atoms with van der Waals surface area (Å²) in [4.78, 5) is 25.5. The Labute approximate surface area is 147 Å². The molecule has 4 heteroatoms. The number of Topliss-reactive ketones (excluding diaryl/α,β-unsaturated/α-hetero) is 1. The van der Waals surface area contributed by atoms with Gasteiger partial charge in [0.25, 0.3) is 0 Å². The minimum absolute atomic E-state index is 0.0731. The molecule has 1 heterocycles. The van der Waals surface area contributed by atoms with Gasteiger partial charge in [0.05, 0.1) is 17.0 Å². The van der Waals surface area contributed by atoms with E-state index in [1.807, 2.05) is 62.0 Å². The summed E-state index contributed by atoms with van der Waals surface area (Å²) in [6.45, 7) is 6.00. The van der Waals surface area contributed by atoms with Gasteiger partial charge in [0, 0.05) is 29.9 Å². The Morgan fingerprint density at radius 2 is 1.80 bits per heavy atom. The average molecular weight is 334 g/mol. The van der Waals surface area contributed by atoms with Crippen molar-refractivity contribution >= 4 is 11.6 Å². The van der Waals surface area contributed by atoms with Crippen LogP contribution >= 0.6 is 0 Å². The number of aromatic nitrogens is 2. The lowest BCUT2D eigenvalue weighted by atomic mass is 9.53. The van der Waals surface area contributed by atoms with E-state index in [4.69, 9.17) is 5.10 Å². The number of fused-ring (bicyclic) bond motifs is 3.